The standard InChI is InChI=1S/C15H20ClNO4/c1-4-13(11-5-7-12(16)8-6-11)17-15(19)21-9-20-14(18)10(2)3/h5-8,10,13H,4,9H2,1-3H3,(H,17,19). The number of hydrogen-bond acceptors (Lipinski definition) is 4. The van der Waals surface area contributed by atoms with E-state index in [9.17, 15) is 9.59 Å². The van der Waals surface area contributed by atoms with Gasteiger partial charge in [0.2, 0.25) is 6.79 Å². The Balaban J connectivity index is 2.44. The minimum absolute atomic E-state index is 0.185. The van der Waals surface area contributed by atoms with E-state index in [-0.39, 0.29) is 18.8 Å². The molecule has 0 radical (unpaired) electrons. The molecule has 0 saturated carbocycles. The number of halogens is 1. The molecule has 21 heavy (non-hydrogen) atoms. The topological polar surface area (TPSA) is 64.6 Å². The van der Waals surface area contributed by atoms with Crippen molar-refractivity contribution in [2.45, 2.75) is 33.2 Å². The second kappa shape index (κ2) is 8.52. The second-order valence-electron chi connectivity index (χ2n) is 4.82. The molecule has 0 aliphatic heterocycles. The number of alkyl carbamates (subject to hydrolysis) is 1. The van der Waals surface area contributed by atoms with Gasteiger partial charge in [-0.25, -0.2) is 4.79 Å². The van der Waals surface area contributed by atoms with Gasteiger partial charge in [-0.2, -0.15) is 0 Å². The molecular formula is C15H20ClNO4. The molecule has 0 fully saturated rings. The lowest BCUT2D eigenvalue weighted by Gasteiger charge is -2.17. The predicted molar refractivity (Wildman–Crippen MR) is 79.9 cm³/mol. The van der Waals surface area contributed by atoms with Gasteiger partial charge in [0.15, 0.2) is 0 Å². The van der Waals surface area contributed by atoms with Crippen LogP contribution in [0.1, 0.15) is 38.8 Å². The monoisotopic (exact) mass is 313 g/mol. The Morgan fingerprint density at radius 3 is 2.33 bits per heavy atom. The van der Waals surface area contributed by atoms with E-state index in [4.69, 9.17) is 21.1 Å². The van der Waals surface area contributed by atoms with E-state index >= 15 is 0 Å². The van der Waals surface area contributed by atoms with E-state index in [2.05, 4.69) is 5.32 Å². The lowest BCUT2D eigenvalue weighted by Crippen LogP contribution is -2.30. The SMILES string of the molecule is CCC(NC(=O)OCOC(=O)C(C)C)c1ccc(Cl)cc1. The van der Waals surface area contributed by atoms with E-state index in [0.717, 1.165) is 5.56 Å². The molecule has 0 saturated heterocycles. The van der Waals surface area contributed by atoms with Crippen LogP contribution in [0.25, 0.3) is 0 Å². The Hall–Kier alpha value is -1.75. The van der Waals surface area contributed by atoms with Crippen molar-refractivity contribution in [2.75, 3.05) is 6.79 Å². The van der Waals surface area contributed by atoms with Crippen molar-refractivity contribution in [3.63, 3.8) is 0 Å². The summed E-state index contributed by atoms with van der Waals surface area (Å²) in [4.78, 5) is 22.9. The van der Waals surface area contributed by atoms with Gasteiger partial charge < -0.3 is 14.8 Å². The van der Waals surface area contributed by atoms with Gasteiger partial charge >= 0.3 is 12.1 Å². The molecule has 1 aromatic rings. The predicted octanol–water partition coefficient (Wildman–Crippen LogP) is 3.67. The zero-order valence-electron chi connectivity index (χ0n) is 12.4. The number of amides is 1. The number of carbonyl (C=O) groups excluding carboxylic acids is 2. The molecule has 1 unspecified atom stereocenters. The smallest absolute Gasteiger partial charge is 0.410 e. The molecule has 1 atom stereocenters. The summed E-state index contributed by atoms with van der Waals surface area (Å²) in [6.45, 7) is 4.96. The maximum atomic E-state index is 11.7. The van der Waals surface area contributed by atoms with Crippen molar-refractivity contribution < 1.29 is 19.1 Å². The summed E-state index contributed by atoms with van der Waals surface area (Å²) in [5.41, 5.74) is 0.929. The average molecular weight is 314 g/mol. The van der Waals surface area contributed by atoms with Crippen LogP contribution < -0.4 is 5.32 Å². The third-order valence-corrected chi connectivity index (χ3v) is 3.09. The van der Waals surface area contributed by atoms with Crippen LogP contribution in [-0.4, -0.2) is 18.9 Å². The summed E-state index contributed by atoms with van der Waals surface area (Å²) >= 11 is 5.83. The summed E-state index contributed by atoms with van der Waals surface area (Å²) in [6, 6.07) is 7.02. The third kappa shape index (κ3) is 6.04. The van der Waals surface area contributed by atoms with Gasteiger partial charge in [0.1, 0.15) is 0 Å². The first-order chi connectivity index (χ1) is 9.93. The summed E-state index contributed by atoms with van der Waals surface area (Å²) in [6.07, 6.45) is 0.0658. The lowest BCUT2D eigenvalue weighted by molar-refractivity contribution is -0.155. The Kier molecular flexibility index (Phi) is 7.02. The van der Waals surface area contributed by atoms with Gasteiger partial charge in [-0.1, -0.05) is 44.5 Å². The van der Waals surface area contributed by atoms with Gasteiger partial charge in [0.05, 0.1) is 12.0 Å². The molecule has 1 N–H and O–H groups in total. The average Bonchev–Trinajstić information content (AvgIpc) is 2.45. The fourth-order valence-corrected chi connectivity index (χ4v) is 1.73. The molecule has 1 aromatic carbocycles. The Morgan fingerprint density at radius 2 is 1.81 bits per heavy atom. The lowest BCUT2D eigenvalue weighted by atomic mass is 10.1. The van der Waals surface area contributed by atoms with Crippen molar-refractivity contribution in [3.8, 4) is 0 Å². The van der Waals surface area contributed by atoms with Gasteiger partial charge in [-0.05, 0) is 24.1 Å². The molecule has 0 aliphatic rings. The zero-order valence-corrected chi connectivity index (χ0v) is 13.1. The Labute approximate surface area is 129 Å². The summed E-state index contributed by atoms with van der Waals surface area (Å²) in [7, 11) is 0. The minimum atomic E-state index is -0.631. The zero-order chi connectivity index (χ0) is 15.8. The van der Waals surface area contributed by atoms with E-state index in [1.54, 1.807) is 26.0 Å². The first-order valence-corrected chi connectivity index (χ1v) is 7.17. The van der Waals surface area contributed by atoms with Crippen LogP contribution in [0.15, 0.2) is 24.3 Å². The number of rotatable bonds is 6. The summed E-state index contributed by atoms with van der Waals surface area (Å²) in [5.74, 6) is -0.665. The van der Waals surface area contributed by atoms with E-state index in [0.29, 0.717) is 11.4 Å². The van der Waals surface area contributed by atoms with E-state index in [1.807, 2.05) is 19.1 Å². The van der Waals surface area contributed by atoms with Crippen molar-refractivity contribution in [3.05, 3.63) is 34.9 Å². The molecule has 0 aliphatic carbocycles. The number of esters is 1. The summed E-state index contributed by atoms with van der Waals surface area (Å²) in [5, 5.41) is 3.35. The molecule has 1 amide bonds. The number of carbonyl (C=O) groups is 2. The van der Waals surface area contributed by atoms with Crippen LogP contribution in [0, 0.1) is 5.92 Å². The van der Waals surface area contributed by atoms with Gasteiger partial charge in [-0.15, -0.1) is 0 Å². The van der Waals surface area contributed by atoms with Crippen molar-refractivity contribution >= 4 is 23.7 Å². The maximum Gasteiger partial charge on any atom is 0.410 e. The first kappa shape index (κ1) is 17.3. The number of nitrogens with one attached hydrogen (secondary N) is 1. The number of hydrogen-bond donors (Lipinski definition) is 1. The molecule has 0 spiro atoms. The van der Waals surface area contributed by atoms with Crippen molar-refractivity contribution in [2.24, 2.45) is 5.92 Å². The van der Waals surface area contributed by atoms with Crippen LogP contribution >= 0.6 is 11.6 Å². The Morgan fingerprint density at radius 1 is 1.19 bits per heavy atom. The van der Waals surface area contributed by atoms with Crippen LogP contribution in [0.2, 0.25) is 5.02 Å². The Bertz CT molecular complexity index is 473. The highest BCUT2D eigenvalue weighted by molar-refractivity contribution is 6.30. The normalized spacial score (nSPS) is 11.9. The van der Waals surface area contributed by atoms with E-state index in [1.165, 1.54) is 0 Å². The highest BCUT2D eigenvalue weighted by atomic mass is 35.5. The fraction of sp³-hybridized carbons (Fsp3) is 0.467. The first-order valence-electron chi connectivity index (χ1n) is 6.79. The largest absolute Gasteiger partial charge is 0.428 e. The van der Waals surface area contributed by atoms with Crippen LogP contribution in [-0.2, 0) is 14.3 Å². The van der Waals surface area contributed by atoms with Crippen LogP contribution in [0.4, 0.5) is 4.79 Å². The fourth-order valence-electron chi connectivity index (χ4n) is 1.61. The highest BCUT2D eigenvalue weighted by Crippen LogP contribution is 2.19. The molecule has 5 nitrogen and oxygen atoms in total. The van der Waals surface area contributed by atoms with Crippen LogP contribution in [0.5, 0.6) is 0 Å². The van der Waals surface area contributed by atoms with E-state index < -0.39 is 12.1 Å². The maximum absolute atomic E-state index is 11.7. The summed E-state index contributed by atoms with van der Waals surface area (Å²) < 4.78 is 9.59. The van der Waals surface area contributed by atoms with Crippen LogP contribution in [0.3, 0.4) is 0 Å². The molecule has 0 heterocycles. The molecule has 116 valence electrons. The molecule has 6 heteroatoms. The van der Waals surface area contributed by atoms with Crippen molar-refractivity contribution in [1.29, 1.82) is 0 Å². The quantitative estimate of drug-likeness (QED) is 0.643. The van der Waals surface area contributed by atoms with Gasteiger partial charge in [-0.3, -0.25) is 4.79 Å². The second-order valence-corrected chi connectivity index (χ2v) is 5.26. The minimum Gasteiger partial charge on any atom is -0.428 e. The third-order valence-electron chi connectivity index (χ3n) is 2.84. The number of benzene rings is 1. The van der Waals surface area contributed by atoms with Gasteiger partial charge in [0.25, 0.3) is 0 Å². The van der Waals surface area contributed by atoms with Crippen molar-refractivity contribution in [1.82, 2.24) is 5.32 Å². The number of ether oxygens (including phenoxy) is 2. The van der Waals surface area contributed by atoms with Gasteiger partial charge in [0, 0.05) is 5.02 Å². The molecule has 0 bridgehead atoms. The molecule has 0 aromatic heterocycles. The molecule has 1 rings (SSSR count). The molecular weight excluding hydrogens is 294 g/mol. The highest BCUT2D eigenvalue weighted by Gasteiger charge is 2.14.